The molecule has 0 bridgehead atoms. The van der Waals surface area contributed by atoms with Crippen LogP contribution in [0.15, 0.2) is 18.2 Å². The predicted octanol–water partition coefficient (Wildman–Crippen LogP) is 2.89. The lowest BCUT2D eigenvalue weighted by Crippen LogP contribution is -2.28. The Kier molecular flexibility index (Phi) is 4.49. The molecule has 0 saturated carbocycles. The van der Waals surface area contributed by atoms with E-state index in [1.54, 1.807) is 0 Å². The zero-order valence-electron chi connectivity index (χ0n) is 12.1. The highest BCUT2D eigenvalue weighted by atomic mass is 35.5. The maximum atomic E-state index is 6.40. The van der Waals surface area contributed by atoms with Crippen molar-refractivity contribution < 1.29 is 4.74 Å². The van der Waals surface area contributed by atoms with Gasteiger partial charge in [0.05, 0.1) is 5.02 Å². The van der Waals surface area contributed by atoms with Gasteiger partial charge in [-0.25, -0.2) is 0 Å². The normalized spacial score (nSPS) is 27.7. The van der Waals surface area contributed by atoms with E-state index < -0.39 is 0 Å². The first-order chi connectivity index (χ1) is 9.72. The van der Waals surface area contributed by atoms with E-state index in [1.165, 1.54) is 18.4 Å². The number of halogens is 1. The first-order valence-electron chi connectivity index (χ1n) is 7.58. The topological polar surface area (TPSA) is 24.5 Å². The lowest BCUT2D eigenvalue weighted by atomic mass is 9.92. The van der Waals surface area contributed by atoms with Crippen LogP contribution in [0.1, 0.15) is 30.7 Å². The quantitative estimate of drug-likeness (QED) is 0.928. The van der Waals surface area contributed by atoms with Gasteiger partial charge >= 0.3 is 0 Å². The monoisotopic (exact) mass is 294 g/mol. The molecule has 0 spiro atoms. The summed E-state index contributed by atoms with van der Waals surface area (Å²) in [5.41, 5.74) is 1.33. The van der Waals surface area contributed by atoms with Crippen LogP contribution in [0, 0.1) is 0 Å². The summed E-state index contributed by atoms with van der Waals surface area (Å²) in [5.74, 6) is 1.42. The number of hydrogen-bond donors (Lipinski definition) is 1. The Labute approximate surface area is 126 Å². The van der Waals surface area contributed by atoms with E-state index >= 15 is 0 Å². The molecule has 2 aliphatic rings. The molecule has 2 atom stereocenters. The number of rotatable bonds is 3. The summed E-state index contributed by atoms with van der Waals surface area (Å²) in [6.45, 7) is 4.29. The minimum atomic E-state index is 0.277. The second kappa shape index (κ2) is 6.33. The molecule has 0 radical (unpaired) electrons. The van der Waals surface area contributed by atoms with Crippen molar-refractivity contribution in [3.8, 4) is 5.75 Å². The smallest absolute Gasteiger partial charge is 0.138 e. The highest BCUT2D eigenvalue weighted by Gasteiger charge is 2.22. The summed E-state index contributed by atoms with van der Waals surface area (Å²) in [5, 5.41) is 4.20. The van der Waals surface area contributed by atoms with Crippen molar-refractivity contribution in [2.24, 2.45) is 0 Å². The third-order valence-electron chi connectivity index (χ3n) is 4.37. The number of nitrogens with one attached hydrogen (secondary N) is 1. The van der Waals surface area contributed by atoms with E-state index in [1.807, 2.05) is 6.07 Å². The van der Waals surface area contributed by atoms with Crippen LogP contribution in [-0.2, 0) is 0 Å². The molecule has 0 amide bonds. The molecule has 1 aromatic rings. The molecular weight excluding hydrogens is 272 g/mol. The van der Waals surface area contributed by atoms with Crippen molar-refractivity contribution in [3.63, 3.8) is 0 Å². The summed E-state index contributed by atoms with van der Waals surface area (Å²) >= 11 is 6.40. The van der Waals surface area contributed by atoms with E-state index in [2.05, 4.69) is 29.4 Å². The molecule has 4 heteroatoms. The van der Waals surface area contributed by atoms with Crippen LogP contribution >= 0.6 is 11.6 Å². The van der Waals surface area contributed by atoms with Crippen molar-refractivity contribution in [1.82, 2.24) is 10.2 Å². The number of ether oxygens (including phenoxy) is 1. The van der Waals surface area contributed by atoms with E-state index in [0.29, 0.717) is 5.92 Å². The molecule has 2 heterocycles. The van der Waals surface area contributed by atoms with Gasteiger partial charge in [0.1, 0.15) is 11.9 Å². The van der Waals surface area contributed by atoms with Gasteiger partial charge in [0.25, 0.3) is 0 Å². The first kappa shape index (κ1) is 14.2. The summed E-state index contributed by atoms with van der Waals surface area (Å²) in [4.78, 5) is 2.29. The van der Waals surface area contributed by atoms with Gasteiger partial charge in [-0.3, -0.25) is 0 Å². The van der Waals surface area contributed by atoms with Crippen LogP contribution in [0.4, 0.5) is 0 Å². The summed E-state index contributed by atoms with van der Waals surface area (Å²) in [6, 6.07) is 6.31. The Morgan fingerprint density at radius 3 is 2.90 bits per heavy atom. The lowest BCUT2D eigenvalue weighted by molar-refractivity contribution is 0.208. The van der Waals surface area contributed by atoms with Crippen molar-refractivity contribution >= 4 is 11.6 Å². The van der Waals surface area contributed by atoms with Gasteiger partial charge in [-0.15, -0.1) is 0 Å². The van der Waals surface area contributed by atoms with Crippen molar-refractivity contribution in [3.05, 3.63) is 28.8 Å². The number of likely N-dealkylation sites (N-methyl/N-ethyl adjacent to an activating group) is 1. The van der Waals surface area contributed by atoms with Gasteiger partial charge in [0.2, 0.25) is 0 Å². The molecular formula is C16H23ClN2O. The summed E-state index contributed by atoms with van der Waals surface area (Å²) in [7, 11) is 2.13. The Hall–Kier alpha value is -0.770. The Bertz CT molecular complexity index is 460. The zero-order valence-corrected chi connectivity index (χ0v) is 12.8. The van der Waals surface area contributed by atoms with Crippen LogP contribution < -0.4 is 10.1 Å². The number of likely N-dealkylation sites (tertiary alicyclic amines) is 1. The highest BCUT2D eigenvalue weighted by molar-refractivity contribution is 6.32. The molecule has 2 unspecified atom stereocenters. The second-order valence-electron chi connectivity index (χ2n) is 6.02. The number of piperidine rings is 1. The maximum Gasteiger partial charge on any atom is 0.138 e. The lowest BCUT2D eigenvalue weighted by Gasteiger charge is -2.24. The van der Waals surface area contributed by atoms with Gasteiger partial charge in [-0.2, -0.15) is 0 Å². The Balaban J connectivity index is 1.67. The standard InChI is InChI=1S/C16H23ClN2O/c1-19-8-6-14(11-19)20-16-5-4-12(9-15(16)17)13-3-2-7-18-10-13/h4-5,9,13-14,18H,2-3,6-8,10-11H2,1H3. The number of benzene rings is 1. The van der Waals surface area contributed by atoms with E-state index in [4.69, 9.17) is 16.3 Å². The first-order valence-corrected chi connectivity index (χ1v) is 7.95. The van der Waals surface area contributed by atoms with Crippen molar-refractivity contribution in [1.29, 1.82) is 0 Å². The largest absolute Gasteiger partial charge is 0.487 e. The summed E-state index contributed by atoms with van der Waals surface area (Å²) in [6.07, 6.45) is 3.85. The van der Waals surface area contributed by atoms with E-state index in [-0.39, 0.29) is 6.10 Å². The molecule has 3 rings (SSSR count). The molecule has 2 aliphatic heterocycles. The SMILES string of the molecule is CN1CCC(Oc2ccc(C3CCCNC3)cc2Cl)C1. The van der Waals surface area contributed by atoms with Gasteiger partial charge in [-0.1, -0.05) is 17.7 Å². The number of hydrogen-bond acceptors (Lipinski definition) is 3. The molecule has 20 heavy (non-hydrogen) atoms. The molecule has 0 aliphatic carbocycles. The van der Waals surface area contributed by atoms with E-state index in [0.717, 1.165) is 43.4 Å². The van der Waals surface area contributed by atoms with Crippen molar-refractivity contribution in [2.45, 2.75) is 31.3 Å². The van der Waals surface area contributed by atoms with Crippen LogP contribution in [0.2, 0.25) is 5.02 Å². The third-order valence-corrected chi connectivity index (χ3v) is 4.66. The van der Waals surface area contributed by atoms with Crippen LogP contribution in [0.5, 0.6) is 5.75 Å². The molecule has 1 N–H and O–H groups in total. The number of nitrogens with zero attached hydrogens (tertiary/aromatic N) is 1. The van der Waals surface area contributed by atoms with Crippen LogP contribution in [-0.4, -0.2) is 44.2 Å². The summed E-state index contributed by atoms with van der Waals surface area (Å²) < 4.78 is 6.03. The average Bonchev–Trinajstić information content (AvgIpc) is 2.87. The molecule has 3 nitrogen and oxygen atoms in total. The fraction of sp³-hybridized carbons (Fsp3) is 0.625. The van der Waals surface area contributed by atoms with Gasteiger partial charge < -0.3 is 15.0 Å². The molecule has 1 aromatic carbocycles. The minimum Gasteiger partial charge on any atom is -0.487 e. The van der Waals surface area contributed by atoms with E-state index in [9.17, 15) is 0 Å². The van der Waals surface area contributed by atoms with Gasteiger partial charge in [-0.05, 0) is 56.5 Å². The third kappa shape index (κ3) is 3.27. The predicted molar refractivity (Wildman–Crippen MR) is 82.8 cm³/mol. The maximum absolute atomic E-state index is 6.40. The fourth-order valence-corrected chi connectivity index (χ4v) is 3.41. The average molecular weight is 295 g/mol. The molecule has 2 fully saturated rings. The van der Waals surface area contributed by atoms with Crippen LogP contribution in [0.25, 0.3) is 0 Å². The molecule has 2 saturated heterocycles. The molecule has 0 aromatic heterocycles. The highest BCUT2D eigenvalue weighted by Crippen LogP contribution is 2.32. The Morgan fingerprint density at radius 1 is 1.35 bits per heavy atom. The van der Waals surface area contributed by atoms with Crippen molar-refractivity contribution in [2.75, 3.05) is 33.2 Å². The van der Waals surface area contributed by atoms with Crippen LogP contribution in [0.3, 0.4) is 0 Å². The second-order valence-corrected chi connectivity index (χ2v) is 6.43. The van der Waals surface area contributed by atoms with Gasteiger partial charge in [0, 0.05) is 19.6 Å². The zero-order chi connectivity index (χ0) is 13.9. The van der Waals surface area contributed by atoms with Gasteiger partial charge in [0.15, 0.2) is 0 Å². The minimum absolute atomic E-state index is 0.277. The molecule has 110 valence electrons. The fourth-order valence-electron chi connectivity index (χ4n) is 3.17. The Morgan fingerprint density at radius 2 is 2.25 bits per heavy atom.